The quantitative estimate of drug-likeness (QED) is 0.940. The molecule has 0 spiro atoms. The maximum Gasteiger partial charge on any atom is 0.127 e. The molecule has 2 aromatic rings. The summed E-state index contributed by atoms with van der Waals surface area (Å²) < 4.78 is 16.4. The largest absolute Gasteiger partial charge is 0.337 e. The third kappa shape index (κ3) is 2.97. The minimum Gasteiger partial charge on any atom is -0.337 e. The topological polar surface area (TPSA) is 29.9 Å². The first-order valence-corrected chi connectivity index (χ1v) is 6.51. The van der Waals surface area contributed by atoms with Gasteiger partial charge in [-0.3, -0.25) is 0 Å². The summed E-state index contributed by atoms with van der Waals surface area (Å²) in [4.78, 5) is 4.27. The maximum absolute atomic E-state index is 13.6. The second-order valence-corrected chi connectivity index (χ2v) is 5.15. The van der Waals surface area contributed by atoms with E-state index in [0.717, 1.165) is 10.3 Å². The summed E-state index contributed by atoms with van der Waals surface area (Å²) in [5.41, 5.74) is 0.644. The summed E-state index contributed by atoms with van der Waals surface area (Å²) >= 11 is 3.34. The molecule has 3 nitrogen and oxygen atoms in total. The molecule has 1 aromatic carbocycles. The standard InChI is InChI=1S/C13H15BrFN3/c1-9(13-16-5-6-18(13)2)17-8-10-7-11(14)3-4-12(10)15/h3-7,9,17H,8H2,1-2H3. The van der Waals surface area contributed by atoms with Crippen molar-refractivity contribution in [3.63, 3.8) is 0 Å². The molecule has 1 atom stereocenters. The van der Waals surface area contributed by atoms with Gasteiger partial charge in [0.15, 0.2) is 0 Å². The van der Waals surface area contributed by atoms with Crippen molar-refractivity contribution in [2.24, 2.45) is 7.05 Å². The fourth-order valence-electron chi connectivity index (χ4n) is 1.83. The van der Waals surface area contributed by atoms with E-state index in [0.29, 0.717) is 12.1 Å². The third-order valence-electron chi connectivity index (χ3n) is 2.85. The lowest BCUT2D eigenvalue weighted by Crippen LogP contribution is -2.21. The molecule has 0 saturated heterocycles. The zero-order chi connectivity index (χ0) is 13.1. The molecule has 0 bridgehead atoms. The summed E-state index contributed by atoms with van der Waals surface area (Å²) in [6.45, 7) is 2.48. The highest BCUT2D eigenvalue weighted by Gasteiger charge is 2.10. The molecule has 18 heavy (non-hydrogen) atoms. The van der Waals surface area contributed by atoms with Crippen LogP contribution in [-0.2, 0) is 13.6 Å². The molecule has 0 saturated carbocycles. The number of benzene rings is 1. The first kappa shape index (κ1) is 13.2. The number of imidazole rings is 1. The van der Waals surface area contributed by atoms with E-state index in [1.807, 2.05) is 24.7 Å². The van der Waals surface area contributed by atoms with E-state index in [1.165, 1.54) is 6.07 Å². The Bertz CT molecular complexity index is 539. The first-order chi connectivity index (χ1) is 8.58. The predicted octanol–water partition coefficient (Wildman–Crippen LogP) is 3.17. The molecule has 1 heterocycles. The Morgan fingerprint density at radius 2 is 2.28 bits per heavy atom. The average molecular weight is 312 g/mol. The lowest BCUT2D eigenvalue weighted by Gasteiger charge is -2.14. The fraction of sp³-hybridized carbons (Fsp3) is 0.308. The van der Waals surface area contributed by atoms with Crippen LogP contribution in [0.15, 0.2) is 35.1 Å². The van der Waals surface area contributed by atoms with E-state index in [4.69, 9.17) is 0 Å². The molecule has 0 aliphatic rings. The maximum atomic E-state index is 13.6. The van der Waals surface area contributed by atoms with Crippen LogP contribution >= 0.6 is 15.9 Å². The van der Waals surface area contributed by atoms with Crippen LogP contribution in [0, 0.1) is 5.82 Å². The number of nitrogens with one attached hydrogen (secondary N) is 1. The van der Waals surface area contributed by atoms with Gasteiger partial charge in [-0.2, -0.15) is 0 Å². The summed E-state index contributed by atoms with van der Waals surface area (Å²) in [6, 6.07) is 5.02. The van der Waals surface area contributed by atoms with Gasteiger partial charge >= 0.3 is 0 Å². The van der Waals surface area contributed by atoms with Gasteiger partial charge in [0.25, 0.3) is 0 Å². The molecule has 96 valence electrons. The van der Waals surface area contributed by atoms with Gasteiger partial charge in [-0.15, -0.1) is 0 Å². The van der Waals surface area contributed by atoms with Crippen LogP contribution in [-0.4, -0.2) is 9.55 Å². The number of nitrogens with zero attached hydrogens (tertiary/aromatic N) is 2. The molecule has 1 unspecified atom stereocenters. The van der Waals surface area contributed by atoms with Crippen molar-refractivity contribution < 1.29 is 4.39 Å². The van der Waals surface area contributed by atoms with Crippen LogP contribution in [0.4, 0.5) is 4.39 Å². The van der Waals surface area contributed by atoms with E-state index in [-0.39, 0.29) is 11.9 Å². The van der Waals surface area contributed by atoms with Crippen molar-refractivity contribution in [3.05, 3.63) is 52.3 Å². The van der Waals surface area contributed by atoms with Gasteiger partial charge in [0.05, 0.1) is 6.04 Å². The van der Waals surface area contributed by atoms with Crippen LogP contribution in [0.3, 0.4) is 0 Å². The van der Waals surface area contributed by atoms with Gasteiger partial charge in [0.2, 0.25) is 0 Å². The van der Waals surface area contributed by atoms with Crippen LogP contribution in [0.1, 0.15) is 24.4 Å². The van der Waals surface area contributed by atoms with Crippen molar-refractivity contribution >= 4 is 15.9 Å². The average Bonchev–Trinajstić information content (AvgIpc) is 2.76. The Labute approximate surface area is 114 Å². The van der Waals surface area contributed by atoms with Crippen LogP contribution in [0.2, 0.25) is 0 Å². The number of aryl methyl sites for hydroxylation is 1. The van der Waals surface area contributed by atoms with Gasteiger partial charge in [0, 0.05) is 36.0 Å². The highest BCUT2D eigenvalue weighted by Crippen LogP contribution is 2.17. The van der Waals surface area contributed by atoms with Gasteiger partial charge < -0.3 is 9.88 Å². The third-order valence-corrected chi connectivity index (χ3v) is 3.35. The van der Waals surface area contributed by atoms with Crippen molar-refractivity contribution in [3.8, 4) is 0 Å². The molecular formula is C13H15BrFN3. The monoisotopic (exact) mass is 311 g/mol. The molecule has 0 radical (unpaired) electrons. The Morgan fingerprint density at radius 1 is 1.50 bits per heavy atom. The van der Waals surface area contributed by atoms with Gasteiger partial charge in [0.1, 0.15) is 11.6 Å². The summed E-state index contributed by atoms with van der Waals surface area (Å²) in [5.74, 6) is 0.739. The van der Waals surface area contributed by atoms with E-state index >= 15 is 0 Å². The minimum absolute atomic E-state index is 0.0726. The zero-order valence-electron chi connectivity index (χ0n) is 10.3. The summed E-state index contributed by atoms with van der Waals surface area (Å²) in [5, 5.41) is 3.27. The molecule has 0 fully saturated rings. The molecule has 5 heteroatoms. The molecule has 2 rings (SSSR count). The van der Waals surface area contributed by atoms with Crippen LogP contribution in [0.5, 0.6) is 0 Å². The second kappa shape index (κ2) is 5.63. The summed E-state index contributed by atoms with van der Waals surface area (Å²) in [7, 11) is 1.94. The molecule has 0 aliphatic heterocycles. The SMILES string of the molecule is CC(NCc1cc(Br)ccc1F)c1nccn1C. The van der Waals surface area contributed by atoms with Gasteiger partial charge in [-0.05, 0) is 25.1 Å². The molecule has 1 N–H and O–H groups in total. The second-order valence-electron chi connectivity index (χ2n) is 4.23. The lowest BCUT2D eigenvalue weighted by atomic mass is 10.2. The number of halogens is 2. The Kier molecular flexibility index (Phi) is 4.14. The van der Waals surface area contributed by atoms with Crippen LogP contribution < -0.4 is 5.32 Å². The Hall–Kier alpha value is -1.20. The van der Waals surface area contributed by atoms with Crippen molar-refractivity contribution in [1.82, 2.24) is 14.9 Å². The normalized spacial score (nSPS) is 12.7. The number of aromatic nitrogens is 2. The van der Waals surface area contributed by atoms with Crippen molar-refractivity contribution in [2.75, 3.05) is 0 Å². The minimum atomic E-state index is -0.197. The predicted molar refractivity (Wildman–Crippen MR) is 72.6 cm³/mol. The van der Waals surface area contributed by atoms with E-state index in [2.05, 4.69) is 26.2 Å². The van der Waals surface area contributed by atoms with E-state index in [9.17, 15) is 4.39 Å². The highest BCUT2D eigenvalue weighted by atomic mass is 79.9. The van der Waals surface area contributed by atoms with E-state index < -0.39 is 0 Å². The zero-order valence-corrected chi connectivity index (χ0v) is 11.9. The lowest BCUT2D eigenvalue weighted by molar-refractivity contribution is 0.514. The Balaban J connectivity index is 2.03. The Morgan fingerprint density at radius 3 is 2.94 bits per heavy atom. The van der Waals surface area contributed by atoms with Crippen LogP contribution in [0.25, 0.3) is 0 Å². The van der Waals surface area contributed by atoms with E-state index in [1.54, 1.807) is 18.3 Å². The smallest absolute Gasteiger partial charge is 0.127 e. The fourth-order valence-corrected chi connectivity index (χ4v) is 2.24. The van der Waals surface area contributed by atoms with Gasteiger partial charge in [-0.25, -0.2) is 9.37 Å². The van der Waals surface area contributed by atoms with Crippen molar-refractivity contribution in [2.45, 2.75) is 19.5 Å². The van der Waals surface area contributed by atoms with Crippen molar-refractivity contribution in [1.29, 1.82) is 0 Å². The first-order valence-electron chi connectivity index (χ1n) is 5.72. The highest BCUT2D eigenvalue weighted by molar-refractivity contribution is 9.10. The summed E-state index contributed by atoms with van der Waals surface area (Å²) in [6.07, 6.45) is 3.65. The van der Waals surface area contributed by atoms with Gasteiger partial charge in [-0.1, -0.05) is 15.9 Å². The number of hydrogen-bond donors (Lipinski definition) is 1. The number of rotatable bonds is 4. The molecular weight excluding hydrogens is 297 g/mol. The molecule has 1 aromatic heterocycles. The number of hydrogen-bond acceptors (Lipinski definition) is 2. The molecule has 0 aliphatic carbocycles. The molecule has 0 amide bonds.